The minimum Gasteiger partial charge on any atom is -0.364 e. The Balaban J connectivity index is 2.90. The first kappa shape index (κ1) is 10.7. The molecule has 1 amide bonds. The van der Waals surface area contributed by atoms with Crippen molar-refractivity contribution in [2.24, 2.45) is 11.7 Å². The SMILES string of the molecule is CCC(C)Cc1cccnc1C(N)=O. The normalized spacial score (nSPS) is 12.4. The zero-order valence-corrected chi connectivity index (χ0v) is 8.66. The molecule has 0 spiro atoms. The first-order valence-electron chi connectivity index (χ1n) is 4.88. The summed E-state index contributed by atoms with van der Waals surface area (Å²) in [4.78, 5) is 15.0. The number of carbonyl (C=O) groups is 1. The maximum Gasteiger partial charge on any atom is 0.267 e. The van der Waals surface area contributed by atoms with Gasteiger partial charge in [-0.1, -0.05) is 26.3 Å². The van der Waals surface area contributed by atoms with E-state index in [4.69, 9.17) is 5.73 Å². The fourth-order valence-electron chi connectivity index (χ4n) is 1.34. The summed E-state index contributed by atoms with van der Waals surface area (Å²) in [7, 11) is 0. The lowest BCUT2D eigenvalue weighted by molar-refractivity contribution is 0.0994. The zero-order valence-electron chi connectivity index (χ0n) is 8.66. The first-order valence-corrected chi connectivity index (χ1v) is 4.88. The number of nitrogens with two attached hydrogens (primary N) is 1. The van der Waals surface area contributed by atoms with E-state index in [1.807, 2.05) is 12.1 Å². The molecule has 0 saturated carbocycles. The average Bonchev–Trinajstić information content (AvgIpc) is 2.18. The highest BCUT2D eigenvalue weighted by Gasteiger charge is 2.10. The lowest BCUT2D eigenvalue weighted by atomic mass is 9.98. The summed E-state index contributed by atoms with van der Waals surface area (Å²) in [5.41, 5.74) is 6.59. The molecular weight excluding hydrogens is 176 g/mol. The van der Waals surface area contributed by atoms with Gasteiger partial charge in [0.25, 0.3) is 5.91 Å². The Hall–Kier alpha value is -1.38. The largest absolute Gasteiger partial charge is 0.364 e. The Kier molecular flexibility index (Phi) is 3.63. The second-order valence-electron chi connectivity index (χ2n) is 3.59. The van der Waals surface area contributed by atoms with Gasteiger partial charge in [-0.3, -0.25) is 9.78 Å². The van der Waals surface area contributed by atoms with Crippen LogP contribution in [0.2, 0.25) is 0 Å². The van der Waals surface area contributed by atoms with Gasteiger partial charge in [-0.2, -0.15) is 0 Å². The molecule has 1 rings (SSSR count). The average molecular weight is 192 g/mol. The second kappa shape index (κ2) is 4.74. The van der Waals surface area contributed by atoms with Crippen LogP contribution in [0, 0.1) is 5.92 Å². The van der Waals surface area contributed by atoms with Gasteiger partial charge in [0, 0.05) is 6.20 Å². The van der Waals surface area contributed by atoms with Crippen molar-refractivity contribution in [1.29, 1.82) is 0 Å². The van der Waals surface area contributed by atoms with Gasteiger partial charge in [0.05, 0.1) is 0 Å². The molecule has 0 saturated heterocycles. The summed E-state index contributed by atoms with van der Waals surface area (Å²) in [5, 5.41) is 0. The fraction of sp³-hybridized carbons (Fsp3) is 0.455. The van der Waals surface area contributed by atoms with Crippen molar-refractivity contribution in [2.45, 2.75) is 26.7 Å². The van der Waals surface area contributed by atoms with Crippen LogP contribution in [0.4, 0.5) is 0 Å². The quantitative estimate of drug-likeness (QED) is 0.790. The second-order valence-corrected chi connectivity index (χ2v) is 3.59. The predicted octanol–water partition coefficient (Wildman–Crippen LogP) is 1.77. The Bertz CT molecular complexity index is 323. The van der Waals surface area contributed by atoms with E-state index in [2.05, 4.69) is 18.8 Å². The number of carbonyl (C=O) groups excluding carboxylic acids is 1. The lowest BCUT2D eigenvalue weighted by Gasteiger charge is -2.10. The van der Waals surface area contributed by atoms with Crippen molar-refractivity contribution in [2.75, 3.05) is 0 Å². The van der Waals surface area contributed by atoms with Crippen LogP contribution < -0.4 is 5.73 Å². The Morgan fingerprint density at radius 1 is 1.64 bits per heavy atom. The molecule has 1 atom stereocenters. The van der Waals surface area contributed by atoms with Crippen LogP contribution in [0.15, 0.2) is 18.3 Å². The summed E-state index contributed by atoms with van der Waals surface area (Å²) in [6, 6.07) is 3.75. The molecule has 0 aromatic carbocycles. The number of aromatic nitrogens is 1. The molecule has 0 aliphatic heterocycles. The summed E-state index contributed by atoms with van der Waals surface area (Å²) in [6.45, 7) is 4.28. The smallest absolute Gasteiger partial charge is 0.267 e. The molecule has 14 heavy (non-hydrogen) atoms. The predicted molar refractivity (Wildman–Crippen MR) is 55.9 cm³/mol. The number of nitrogens with zero attached hydrogens (tertiary/aromatic N) is 1. The number of primary amides is 1. The number of hydrogen-bond donors (Lipinski definition) is 1. The van der Waals surface area contributed by atoms with E-state index < -0.39 is 5.91 Å². The summed E-state index contributed by atoms with van der Waals surface area (Å²) in [6.07, 6.45) is 3.55. The molecule has 3 nitrogen and oxygen atoms in total. The maximum absolute atomic E-state index is 11.1. The summed E-state index contributed by atoms with van der Waals surface area (Å²) >= 11 is 0. The Labute approximate surface area is 84.3 Å². The number of rotatable bonds is 4. The van der Waals surface area contributed by atoms with Crippen LogP contribution >= 0.6 is 0 Å². The van der Waals surface area contributed by atoms with Crippen molar-refractivity contribution in [3.8, 4) is 0 Å². The molecule has 1 aromatic heterocycles. The van der Waals surface area contributed by atoms with E-state index in [-0.39, 0.29) is 0 Å². The maximum atomic E-state index is 11.1. The van der Waals surface area contributed by atoms with E-state index >= 15 is 0 Å². The minimum atomic E-state index is -0.441. The van der Waals surface area contributed by atoms with Crippen molar-refractivity contribution in [3.63, 3.8) is 0 Å². The van der Waals surface area contributed by atoms with Crippen molar-refractivity contribution in [3.05, 3.63) is 29.6 Å². The Morgan fingerprint density at radius 3 is 2.93 bits per heavy atom. The monoisotopic (exact) mass is 192 g/mol. The molecule has 3 heteroatoms. The number of hydrogen-bond acceptors (Lipinski definition) is 2. The van der Waals surface area contributed by atoms with Gasteiger partial charge in [-0.25, -0.2) is 0 Å². The molecule has 1 unspecified atom stereocenters. The highest BCUT2D eigenvalue weighted by molar-refractivity contribution is 5.92. The van der Waals surface area contributed by atoms with E-state index in [0.717, 1.165) is 18.4 Å². The Morgan fingerprint density at radius 2 is 2.36 bits per heavy atom. The molecular formula is C11H16N2O. The molecule has 0 radical (unpaired) electrons. The van der Waals surface area contributed by atoms with Crippen LogP contribution in [0.25, 0.3) is 0 Å². The molecule has 0 bridgehead atoms. The third-order valence-electron chi connectivity index (χ3n) is 2.39. The van der Waals surface area contributed by atoms with Gasteiger partial charge < -0.3 is 5.73 Å². The van der Waals surface area contributed by atoms with Gasteiger partial charge in [0.15, 0.2) is 0 Å². The molecule has 0 fully saturated rings. The van der Waals surface area contributed by atoms with Crippen LogP contribution in [0.5, 0.6) is 0 Å². The van der Waals surface area contributed by atoms with Gasteiger partial charge in [0.1, 0.15) is 5.69 Å². The van der Waals surface area contributed by atoms with Crippen molar-refractivity contribution < 1.29 is 4.79 Å². The van der Waals surface area contributed by atoms with Crippen LogP contribution in [-0.2, 0) is 6.42 Å². The third kappa shape index (κ3) is 2.55. The molecule has 2 N–H and O–H groups in total. The van der Waals surface area contributed by atoms with E-state index in [9.17, 15) is 4.79 Å². The molecule has 1 heterocycles. The first-order chi connectivity index (χ1) is 6.65. The van der Waals surface area contributed by atoms with Crippen LogP contribution in [0.1, 0.15) is 36.3 Å². The fourth-order valence-corrected chi connectivity index (χ4v) is 1.34. The lowest BCUT2D eigenvalue weighted by Crippen LogP contribution is -2.16. The summed E-state index contributed by atoms with van der Waals surface area (Å²) < 4.78 is 0. The number of amides is 1. The number of pyridine rings is 1. The molecule has 76 valence electrons. The highest BCUT2D eigenvalue weighted by atomic mass is 16.1. The minimum absolute atomic E-state index is 0.410. The molecule has 0 aliphatic carbocycles. The summed E-state index contributed by atoms with van der Waals surface area (Å²) in [5.74, 6) is 0.112. The van der Waals surface area contributed by atoms with Gasteiger partial charge >= 0.3 is 0 Å². The van der Waals surface area contributed by atoms with Crippen LogP contribution in [0.3, 0.4) is 0 Å². The molecule has 1 aromatic rings. The van der Waals surface area contributed by atoms with Crippen molar-refractivity contribution in [1.82, 2.24) is 4.98 Å². The zero-order chi connectivity index (χ0) is 10.6. The van der Waals surface area contributed by atoms with Gasteiger partial charge in [-0.15, -0.1) is 0 Å². The topological polar surface area (TPSA) is 56.0 Å². The van der Waals surface area contributed by atoms with E-state index in [1.54, 1.807) is 6.20 Å². The van der Waals surface area contributed by atoms with Crippen molar-refractivity contribution >= 4 is 5.91 Å². The molecule has 0 aliphatic rings. The van der Waals surface area contributed by atoms with Gasteiger partial charge in [0.2, 0.25) is 0 Å². The van der Waals surface area contributed by atoms with Crippen LogP contribution in [-0.4, -0.2) is 10.9 Å². The van der Waals surface area contributed by atoms with E-state index in [1.165, 1.54) is 0 Å². The van der Waals surface area contributed by atoms with Gasteiger partial charge in [-0.05, 0) is 24.0 Å². The van der Waals surface area contributed by atoms with E-state index in [0.29, 0.717) is 11.6 Å². The highest BCUT2D eigenvalue weighted by Crippen LogP contribution is 2.13. The third-order valence-corrected chi connectivity index (χ3v) is 2.39. The standard InChI is InChI=1S/C11H16N2O/c1-3-8(2)7-9-5-4-6-13-10(9)11(12)14/h4-6,8H,3,7H2,1-2H3,(H2,12,14).